The molecule has 0 N–H and O–H groups in total. The number of nitrogens with zero attached hydrogens (tertiary/aromatic N) is 5. The second-order valence-electron chi connectivity index (χ2n) is 7.38. The van der Waals surface area contributed by atoms with Gasteiger partial charge in [-0.1, -0.05) is 31.7 Å². The van der Waals surface area contributed by atoms with Crippen LogP contribution in [0.1, 0.15) is 32.3 Å². The Labute approximate surface area is 163 Å². The van der Waals surface area contributed by atoms with Crippen LogP contribution in [0, 0.1) is 5.92 Å². The van der Waals surface area contributed by atoms with Crippen molar-refractivity contribution in [1.29, 1.82) is 0 Å². The van der Waals surface area contributed by atoms with Crippen LogP contribution < -0.4 is 0 Å². The zero-order valence-corrected chi connectivity index (χ0v) is 16.9. The van der Waals surface area contributed by atoms with Gasteiger partial charge in [-0.05, 0) is 42.9 Å². The second kappa shape index (κ2) is 7.46. The van der Waals surface area contributed by atoms with Crippen molar-refractivity contribution in [3.63, 3.8) is 0 Å². The van der Waals surface area contributed by atoms with E-state index in [9.17, 15) is 4.79 Å². The van der Waals surface area contributed by atoms with Gasteiger partial charge in [0.1, 0.15) is 5.52 Å². The van der Waals surface area contributed by atoms with Gasteiger partial charge in [0.25, 0.3) is 0 Å². The van der Waals surface area contributed by atoms with E-state index in [1.807, 2.05) is 11.9 Å². The summed E-state index contributed by atoms with van der Waals surface area (Å²) in [6.07, 6.45) is 3.17. The molecule has 1 fully saturated rings. The van der Waals surface area contributed by atoms with Crippen LogP contribution in [0.15, 0.2) is 23.4 Å². The van der Waals surface area contributed by atoms with Gasteiger partial charge < -0.3 is 9.47 Å². The Kier molecular flexibility index (Phi) is 5.04. The topological polar surface area (TPSA) is 63.9 Å². The van der Waals surface area contributed by atoms with Crippen molar-refractivity contribution >= 4 is 39.7 Å². The fourth-order valence-electron chi connectivity index (χ4n) is 3.65. The molecule has 1 saturated heterocycles. The van der Waals surface area contributed by atoms with Crippen LogP contribution in [-0.4, -0.2) is 49.4 Å². The molecule has 27 heavy (non-hydrogen) atoms. The first kappa shape index (κ1) is 18.2. The van der Waals surface area contributed by atoms with Gasteiger partial charge in [-0.15, -0.1) is 10.2 Å². The predicted molar refractivity (Wildman–Crippen MR) is 109 cm³/mol. The van der Waals surface area contributed by atoms with E-state index in [-0.39, 0.29) is 5.91 Å². The molecule has 3 aromatic rings. The minimum atomic E-state index is 0.167. The monoisotopic (exact) mass is 383 g/mol. The number of carbonyl (C=O) groups excluding carboxylic acids is 1. The van der Waals surface area contributed by atoms with E-state index in [2.05, 4.69) is 51.8 Å². The van der Waals surface area contributed by atoms with Gasteiger partial charge in [-0.3, -0.25) is 4.79 Å². The highest BCUT2D eigenvalue weighted by Gasteiger charge is 2.21. The maximum atomic E-state index is 12.4. The molecule has 1 aromatic carbocycles. The summed E-state index contributed by atoms with van der Waals surface area (Å²) in [6, 6.07) is 6.43. The van der Waals surface area contributed by atoms with Gasteiger partial charge in [0.2, 0.25) is 11.1 Å². The molecule has 1 amide bonds. The van der Waals surface area contributed by atoms with Gasteiger partial charge in [0.15, 0.2) is 5.65 Å². The number of rotatable bonds is 4. The molecule has 0 atom stereocenters. The van der Waals surface area contributed by atoms with Crippen molar-refractivity contribution in [2.75, 3.05) is 18.8 Å². The number of hydrogen-bond donors (Lipinski definition) is 0. The molecule has 3 heterocycles. The van der Waals surface area contributed by atoms with Gasteiger partial charge in [-0.25, -0.2) is 4.98 Å². The highest BCUT2D eigenvalue weighted by Crippen LogP contribution is 2.27. The summed E-state index contributed by atoms with van der Waals surface area (Å²) in [5, 5.41) is 10.3. The summed E-state index contributed by atoms with van der Waals surface area (Å²) in [7, 11) is 2.00. The summed E-state index contributed by atoms with van der Waals surface area (Å²) >= 11 is 1.37. The quantitative estimate of drug-likeness (QED) is 0.646. The molecule has 0 aliphatic carbocycles. The normalized spacial score (nSPS) is 15.7. The molecule has 0 unspecified atom stereocenters. The standard InChI is InChI=1S/C20H25N5OS/c1-4-14-5-6-16-15(11-14)18-19(24(16)3)21-20(23-22-18)27-12-17(26)25-9-7-13(2)8-10-25/h5-6,11,13H,4,7-10,12H2,1-3H3. The smallest absolute Gasteiger partial charge is 0.233 e. The molecular weight excluding hydrogens is 358 g/mol. The Morgan fingerprint density at radius 2 is 2.04 bits per heavy atom. The number of benzene rings is 1. The Morgan fingerprint density at radius 3 is 2.78 bits per heavy atom. The number of carbonyl (C=O) groups is 1. The Morgan fingerprint density at radius 1 is 1.26 bits per heavy atom. The zero-order valence-electron chi connectivity index (χ0n) is 16.1. The lowest BCUT2D eigenvalue weighted by Gasteiger charge is -2.30. The maximum absolute atomic E-state index is 12.4. The summed E-state index contributed by atoms with van der Waals surface area (Å²) in [6.45, 7) is 6.12. The number of likely N-dealkylation sites (tertiary alicyclic amines) is 1. The predicted octanol–water partition coefficient (Wildman–Crippen LogP) is 3.43. The number of piperidine rings is 1. The van der Waals surface area contributed by atoms with Crippen LogP contribution >= 0.6 is 11.8 Å². The Balaban J connectivity index is 1.54. The van der Waals surface area contributed by atoms with E-state index in [0.29, 0.717) is 10.9 Å². The molecule has 0 spiro atoms. The molecular formula is C20H25N5OS. The van der Waals surface area contributed by atoms with Crippen molar-refractivity contribution in [2.24, 2.45) is 13.0 Å². The SMILES string of the molecule is CCc1ccc2c(c1)c1nnc(SCC(=O)N3CCC(C)CC3)nc1n2C. The van der Waals surface area contributed by atoms with Crippen LogP contribution in [0.5, 0.6) is 0 Å². The van der Waals surface area contributed by atoms with Gasteiger partial charge >= 0.3 is 0 Å². The third kappa shape index (κ3) is 3.52. The van der Waals surface area contributed by atoms with E-state index in [1.165, 1.54) is 17.3 Å². The van der Waals surface area contributed by atoms with Crippen molar-refractivity contribution in [3.05, 3.63) is 23.8 Å². The fourth-order valence-corrected chi connectivity index (χ4v) is 4.33. The molecule has 0 saturated carbocycles. The second-order valence-corrected chi connectivity index (χ2v) is 8.33. The maximum Gasteiger partial charge on any atom is 0.233 e. The van der Waals surface area contributed by atoms with Crippen LogP contribution in [-0.2, 0) is 18.3 Å². The number of hydrogen-bond acceptors (Lipinski definition) is 5. The summed E-state index contributed by atoms with van der Waals surface area (Å²) in [4.78, 5) is 19.1. The zero-order chi connectivity index (χ0) is 19.0. The van der Waals surface area contributed by atoms with Crippen LogP contribution in [0.3, 0.4) is 0 Å². The molecule has 4 rings (SSSR count). The Bertz CT molecular complexity index is 991. The van der Waals surface area contributed by atoms with E-state index in [0.717, 1.165) is 60.3 Å². The van der Waals surface area contributed by atoms with Crippen molar-refractivity contribution in [2.45, 2.75) is 38.3 Å². The van der Waals surface area contributed by atoms with Gasteiger partial charge in [0, 0.05) is 25.5 Å². The first-order valence-electron chi connectivity index (χ1n) is 9.59. The Hall–Kier alpha value is -2.15. The largest absolute Gasteiger partial charge is 0.342 e. The molecule has 142 valence electrons. The van der Waals surface area contributed by atoms with Crippen LogP contribution in [0.2, 0.25) is 0 Å². The molecule has 2 aromatic heterocycles. The highest BCUT2D eigenvalue weighted by atomic mass is 32.2. The summed E-state index contributed by atoms with van der Waals surface area (Å²) < 4.78 is 2.05. The lowest BCUT2D eigenvalue weighted by molar-refractivity contribution is -0.129. The summed E-state index contributed by atoms with van der Waals surface area (Å²) in [5.74, 6) is 1.25. The van der Waals surface area contributed by atoms with Crippen molar-refractivity contribution in [1.82, 2.24) is 24.6 Å². The molecule has 0 bridgehead atoms. The first-order valence-corrected chi connectivity index (χ1v) is 10.6. The van der Waals surface area contributed by atoms with Gasteiger partial charge in [0.05, 0.1) is 11.3 Å². The number of aryl methyl sites for hydroxylation is 2. The molecule has 0 radical (unpaired) electrons. The third-order valence-electron chi connectivity index (χ3n) is 5.51. The molecule has 1 aliphatic rings. The minimum Gasteiger partial charge on any atom is -0.342 e. The first-order chi connectivity index (χ1) is 13.1. The number of amides is 1. The lowest BCUT2D eigenvalue weighted by Crippen LogP contribution is -2.38. The molecule has 7 heteroatoms. The van der Waals surface area contributed by atoms with E-state index in [1.54, 1.807) is 0 Å². The van der Waals surface area contributed by atoms with Crippen molar-refractivity contribution in [3.8, 4) is 0 Å². The lowest BCUT2D eigenvalue weighted by atomic mass is 9.99. The van der Waals surface area contributed by atoms with E-state index in [4.69, 9.17) is 0 Å². The number of fused-ring (bicyclic) bond motifs is 3. The summed E-state index contributed by atoms with van der Waals surface area (Å²) in [5.41, 5.74) is 4.01. The van der Waals surface area contributed by atoms with Gasteiger partial charge in [-0.2, -0.15) is 0 Å². The average molecular weight is 384 g/mol. The van der Waals surface area contributed by atoms with Crippen LogP contribution in [0.25, 0.3) is 22.1 Å². The fraction of sp³-hybridized carbons (Fsp3) is 0.500. The minimum absolute atomic E-state index is 0.167. The van der Waals surface area contributed by atoms with E-state index < -0.39 is 0 Å². The molecule has 1 aliphatic heterocycles. The highest BCUT2D eigenvalue weighted by molar-refractivity contribution is 7.99. The number of aromatic nitrogens is 4. The number of thioether (sulfide) groups is 1. The average Bonchev–Trinajstić information content (AvgIpc) is 2.98. The van der Waals surface area contributed by atoms with Crippen molar-refractivity contribution < 1.29 is 4.79 Å². The third-order valence-corrected chi connectivity index (χ3v) is 6.34. The van der Waals surface area contributed by atoms with E-state index >= 15 is 0 Å². The molecule has 6 nitrogen and oxygen atoms in total. The van der Waals surface area contributed by atoms with Crippen LogP contribution in [0.4, 0.5) is 0 Å².